The first-order valence-corrected chi connectivity index (χ1v) is 9.24. The largest absolute Gasteiger partial charge is 0.329 e. The van der Waals surface area contributed by atoms with Crippen LogP contribution in [-0.2, 0) is 0 Å². The zero-order valence-corrected chi connectivity index (χ0v) is 14.1. The van der Waals surface area contributed by atoms with Crippen LogP contribution in [0.3, 0.4) is 0 Å². The fraction of sp³-hybridized carbons (Fsp3) is 1.00. The standard InChI is InChI=1S/C18H38N2/c1-3-5-6-7-10-13-16-20(4-2)18(17-19)14-11-8-9-12-15-18/h3-17,19H2,1-2H3. The van der Waals surface area contributed by atoms with Crippen molar-refractivity contribution >= 4 is 0 Å². The third-order valence-electron chi connectivity index (χ3n) is 5.25. The minimum absolute atomic E-state index is 0.328. The summed E-state index contributed by atoms with van der Waals surface area (Å²) in [4.78, 5) is 2.72. The van der Waals surface area contributed by atoms with E-state index < -0.39 is 0 Å². The molecule has 1 rings (SSSR count). The maximum Gasteiger partial charge on any atom is 0.0331 e. The number of hydrogen-bond donors (Lipinski definition) is 1. The number of likely N-dealkylation sites (N-methyl/N-ethyl adjacent to an activating group) is 1. The molecule has 0 bridgehead atoms. The van der Waals surface area contributed by atoms with Gasteiger partial charge < -0.3 is 5.73 Å². The molecule has 0 saturated heterocycles. The zero-order chi connectivity index (χ0) is 14.7. The maximum atomic E-state index is 6.21. The van der Waals surface area contributed by atoms with E-state index in [0.29, 0.717) is 5.54 Å². The Balaban J connectivity index is 2.37. The SMILES string of the molecule is CCCCCCCCN(CC)C1(CN)CCCCCC1. The van der Waals surface area contributed by atoms with Gasteiger partial charge in [-0.25, -0.2) is 0 Å². The van der Waals surface area contributed by atoms with Crippen molar-refractivity contribution < 1.29 is 0 Å². The molecule has 2 N–H and O–H groups in total. The Morgan fingerprint density at radius 2 is 1.45 bits per heavy atom. The van der Waals surface area contributed by atoms with Gasteiger partial charge in [0.25, 0.3) is 0 Å². The fourth-order valence-corrected chi connectivity index (χ4v) is 3.85. The monoisotopic (exact) mass is 282 g/mol. The summed E-state index contributed by atoms with van der Waals surface area (Å²) in [5.41, 5.74) is 6.54. The van der Waals surface area contributed by atoms with Crippen LogP contribution in [0.25, 0.3) is 0 Å². The second-order valence-electron chi connectivity index (χ2n) is 6.69. The molecule has 0 unspecified atom stereocenters. The van der Waals surface area contributed by atoms with Gasteiger partial charge in [-0.1, -0.05) is 71.6 Å². The van der Waals surface area contributed by atoms with Crippen LogP contribution in [0.15, 0.2) is 0 Å². The molecule has 2 nitrogen and oxygen atoms in total. The average molecular weight is 283 g/mol. The van der Waals surface area contributed by atoms with Gasteiger partial charge in [-0.15, -0.1) is 0 Å². The molecule has 1 saturated carbocycles. The molecule has 0 heterocycles. The summed E-state index contributed by atoms with van der Waals surface area (Å²) in [6, 6.07) is 0. The third kappa shape index (κ3) is 5.73. The van der Waals surface area contributed by atoms with Crippen LogP contribution in [0.5, 0.6) is 0 Å². The maximum absolute atomic E-state index is 6.21. The van der Waals surface area contributed by atoms with E-state index in [1.165, 1.54) is 90.1 Å². The molecular formula is C18H38N2. The Morgan fingerprint density at radius 1 is 0.850 bits per heavy atom. The van der Waals surface area contributed by atoms with Crippen molar-refractivity contribution in [3.63, 3.8) is 0 Å². The van der Waals surface area contributed by atoms with Crippen molar-refractivity contribution in [2.75, 3.05) is 19.6 Å². The Kier molecular flexibility index (Phi) is 9.54. The summed E-state index contributed by atoms with van der Waals surface area (Å²) in [6.07, 6.45) is 16.6. The highest BCUT2D eigenvalue weighted by molar-refractivity contribution is 4.92. The quantitative estimate of drug-likeness (QED) is 0.464. The Labute approximate surface area is 127 Å². The van der Waals surface area contributed by atoms with Gasteiger partial charge >= 0.3 is 0 Å². The summed E-state index contributed by atoms with van der Waals surface area (Å²) < 4.78 is 0. The highest BCUT2D eigenvalue weighted by atomic mass is 15.2. The summed E-state index contributed by atoms with van der Waals surface area (Å²) in [5, 5.41) is 0. The van der Waals surface area contributed by atoms with E-state index in [1.807, 2.05) is 0 Å². The topological polar surface area (TPSA) is 29.3 Å². The van der Waals surface area contributed by atoms with E-state index in [-0.39, 0.29) is 0 Å². The number of nitrogens with two attached hydrogens (primary N) is 1. The second-order valence-corrected chi connectivity index (χ2v) is 6.69. The molecule has 20 heavy (non-hydrogen) atoms. The molecule has 0 amide bonds. The molecule has 0 aromatic rings. The molecule has 0 spiro atoms. The summed E-state index contributed by atoms with van der Waals surface area (Å²) in [5.74, 6) is 0. The first kappa shape index (κ1) is 18.0. The second kappa shape index (κ2) is 10.6. The lowest BCUT2D eigenvalue weighted by molar-refractivity contribution is 0.0813. The van der Waals surface area contributed by atoms with Crippen LogP contribution in [0, 0.1) is 0 Å². The molecular weight excluding hydrogens is 244 g/mol. The Bertz CT molecular complexity index is 219. The van der Waals surface area contributed by atoms with E-state index >= 15 is 0 Å². The highest BCUT2D eigenvalue weighted by Gasteiger charge is 2.34. The van der Waals surface area contributed by atoms with Crippen LogP contribution in [0.4, 0.5) is 0 Å². The highest BCUT2D eigenvalue weighted by Crippen LogP contribution is 2.32. The van der Waals surface area contributed by atoms with Gasteiger partial charge in [0.2, 0.25) is 0 Å². The lowest BCUT2D eigenvalue weighted by atomic mass is 9.87. The number of rotatable bonds is 10. The van der Waals surface area contributed by atoms with Gasteiger partial charge in [0.15, 0.2) is 0 Å². The predicted octanol–water partition coefficient (Wildman–Crippen LogP) is 4.72. The molecule has 2 heteroatoms. The minimum atomic E-state index is 0.328. The number of unbranched alkanes of at least 4 members (excludes halogenated alkanes) is 5. The van der Waals surface area contributed by atoms with Crippen LogP contribution in [0.2, 0.25) is 0 Å². The lowest BCUT2D eigenvalue weighted by Gasteiger charge is -2.43. The lowest BCUT2D eigenvalue weighted by Crippen LogP contribution is -2.53. The van der Waals surface area contributed by atoms with E-state index in [9.17, 15) is 0 Å². The summed E-state index contributed by atoms with van der Waals surface area (Å²) in [7, 11) is 0. The van der Waals surface area contributed by atoms with E-state index in [1.54, 1.807) is 0 Å². The normalized spacial score (nSPS) is 19.2. The summed E-state index contributed by atoms with van der Waals surface area (Å²) >= 11 is 0. The van der Waals surface area contributed by atoms with Gasteiger partial charge in [0.05, 0.1) is 0 Å². The Hall–Kier alpha value is -0.0800. The van der Waals surface area contributed by atoms with Crippen LogP contribution >= 0.6 is 0 Å². The van der Waals surface area contributed by atoms with Crippen molar-refractivity contribution in [2.24, 2.45) is 5.73 Å². The predicted molar refractivity (Wildman–Crippen MR) is 90.1 cm³/mol. The number of nitrogens with zero attached hydrogens (tertiary/aromatic N) is 1. The average Bonchev–Trinajstić information content (AvgIpc) is 2.73. The van der Waals surface area contributed by atoms with Gasteiger partial charge in [0, 0.05) is 12.1 Å². The van der Waals surface area contributed by atoms with Gasteiger partial charge in [-0.2, -0.15) is 0 Å². The smallest absolute Gasteiger partial charge is 0.0331 e. The molecule has 0 aromatic heterocycles. The molecule has 0 aromatic carbocycles. The minimum Gasteiger partial charge on any atom is -0.329 e. The molecule has 1 aliphatic carbocycles. The summed E-state index contributed by atoms with van der Waals surface area (Å²) in [6.45, 7) is 7.90. The van der Waals surface area contributed by atoms with Crippen molar-refractivity contribution in [3.05, 3.63) is 0 Å². The van der Waals surface area contributed by atoms with Crippen molar-refractivity contribution in [2.45, 2.75) is 96.4 Å². The molecule has 0 radical (unpaired) electrons. The molecule has 120 valence electrons. The van der Waals surface area contributed by atoms with Crippen molar-refractivity contribution in [1.82, 2.24) is 4.90 Å². The molecule has 0 aliphatic heterocycles. The van der Waals surface area contributed by atoms with E-state index in [4.69, 9.17) is 5.73 Å². The molecule has 1 fully saturated rings. The van der Waals surface area contributed by atoms with Crippen molar-refractivity contribution in [3.8, 4) is 0 Å². The van der Waals surface area contributed by atoms with Gasteiger partial charge in [0.1, 0.15) is 0 Å². The molecule has 0 atom stereocenters. The first-order chi connectivity index (χ1) is 9.79. The van der Waals surface area contributed by atoms with E-state index in [0.717, 1.165) is 6.54 Å². The first-order valence-electron chi connectivity index (χ1n) is 9.24. The van der Waals surface area contributed by atoms with Gasteiger partial charge in [-0.3, -0.25) is 4.90 Å². The van der Waals surface area contributed by atoms with Crippen molar-refractivity contribution in [1.29, 1.82) is 0 Å². The van der Waals surface area contributed by atoms with Gasteiger partial charge in [-0.05, 0) is 32.4 Å². The molecule has 1 aliphatic rings. The van der Waals surface area contributed by atoms with Crippen LogP contribution in [-0.4, -0.2) is 30.1 Å². The zero-order valence-electron chi connectivity index (χ0n) is 14.1. The third-order valence-corrected chi connectivity index (χ3v) is 5.25. The number of hydrogen-bond acceptors (Lipinski definition) is 2. The van der Waals surface area contributed by atoms with E-state index in [2.05, 4.69) is 18.7 Å². The van der Waals surface area contributed by atoms with Crippen LogP contribution < -0.4 is 5.73 Å². The van der Waals surface area contributed by atoms with Crippen LogP contribution in [0.1, 0.15) is 90.9 Å². The fourth-order valence-electron chi connectivity index (χ4n) is 3.85. The Morgan fingerprint density at radius 3 is 2.00 bits per heavy atom.